The van der Waals surface area contributed by atoms with E-state index in [1.165, 1.54) is 51.4 Å². The Kier molecular flexibility index (Phi) is 6.58. The Morgan fingerprint density at radius 3 is 2.43 bits per heavy atom. The second kappa shape index (κ2) is 7.92. The van der Waals surface area contributed by atoms with E-state index in [1.807, 2.05) is 0 Å². The van der Waals surface area contributed by atoms with Gasteiger partial charge in [0.05, 0.1) is 0 Å². The molecule has 1 aliphatic rings. The summed E-state index contributed by atoms with van der Waals surface area (Å²) in [5.74, 6) is 7.60. The molecule has 80 valence electrons. The molecule has 0 aromatic heterocycles. The molecular weight excluding hydrogens is 168 g/mol. The number of unbranched alkanes of at least 4 members (excludes halogenated alkanes) is 2. The van der Waals surface area contributed by atoms with E-state index in [-0.39, 0.29) is 0 Å². The first-order valence-corrected chi connectivity index (χ1v) is 6.39. The second-order valence-corrected chi connectivity index (χ2v) is 4.50. The molecule has 0 bridgehead atoms. The topological polar surface area (TPSA) is 0 Å². The Bertz CT molecular complexity index is 176. The highest BCUT2D eigenvalue weighted by molar-refractivity contribution is 4.98. The van der Waals surface area contributed by atoms with Crippen LogP contribution in [0, 0.1) is 17.8 Å². The number of hydrogen-bond acceptors (Lipinski definition) is 0. The molecule has 1 saturated carbocycles. The summed E-state index contributed by atoms with van der Waals surface area (Å²) in [7, 11) is 0. The van der Waals surface area contributed by atoms with E-state index >= 15 is 0 Å². The fraction of sp³-hybridized carbons (Fsp3) is 0.857. The van der Waals surface area contributed by atoms with Crippen molar-refractivity contribution in [3.05, 3.63) is 0 Å². The summed E-state index contributed by atoms with van der Waals surface area (Å²) >= 11 is 0. The van der Waals surface area contributed by atoms with Crippen molar-refractivity contribution in [2.45, 2.75) is 71.1 Å². The van der Waals surface area contributed by atoms with Gasteiger partial charge in [0.1, 0.15) is 0 Å². The van der Waals surface area contributed by atoms with Crippen LogP contribution in [0.4, 0.5) is 0 Å². The molecule has 0 spiro atoms. The first-order chi connectivity index (χ1) is 6.93. The third kappa shape index (κ3) is 5.32. The highest BCUT2D eigenvalue weighted by Gasteiger charge is 2.11. The summed E-state index contributed by atoms with van der Waals surface area (Å²) in [6, 6.07) is 0. The van der Waals surface area contributed by atoms with Gasteiger partial charge in [-0.1, -0.05) is 45.4 Å². The SMILES string of the molecule is CCCCC#CCCC1CCCCC1. The van der Waals surface area contributed by atoms with Crippen LogP contribution in [0.15, 0.2) is 0 Å². The highest BCUT2D eigenvalue weighted by Crippen LogP contribution is 2.26. The van der Waals surface area contributed by atoms with Crippen molar-refractivity contribution in [3.8, 4) is 11.8 Å². The molecule has 0 amide bonds. The third-order valence-corrected chi connectivity index (χ3v) is 3.18. The molecule has 0 unspecified atom stereocenters. The van der Waals surface area contributed by atoms with Crippen molar-refractivity contribution < 1.29 is 0 Å². The van der Waals surface area contributed by atoms with Gasteiger partial charge < -0.3 is 0 Å². The summed E-state index contributed by atoms with van der Waals surface area (Å²) in [5.41, 5.74) is 0. The minimum absolute atomic E-state index is 1.00. The van der Waals surface area contributed by atoms with Crippen LogP contribution in [0.3, 0.4) is 0 Å². The van der Waals surface area contributed by atoms with Crippen LogP contribution in [0.2, 0.25) is 0 Å². The smallest absolute Gasteiger partial charge is 0.00913 e. The molecule has 0 atom stereocenters. The molecule has 0 radical (unpaired) electrons. The largest absolute Gasteiger partial charge is 0.103 e. The van der Waals surface area contributed by atoms with E-state index in [1.54, 1.807) is 0 Å². The molecule has 0 heteroatoms. The van der Waals surface area contributed by atoms with Crippen LogP contribution in [0.25, 0.3) is 0 Å². The number of rotatable bonds is 4. The molecule has 0 aliphatic heterocycles. The fourth-order valence-corrected chi connectivity index (χ4v) is 2.19. The predicted octanol–water partition coefficient (Wildman–Crippen LogP) is 4.54. The van der Waals surface area contributed by atoms with Crippen LogP contribution < -0.4 is 0 Å². The first-order valence-electron chi connectivity index (χ1n) is 6.39. The zero-order valence-corrected chi connectivity index (χ0v) is 9.65. The molecule has 0 aromatic rings. The monoisotopic (exact) mass is 192 g/mol. The van der Waals surface area contributed by atoms with E-state index < -0.39 is 0 Å². The molecular formula is C14H24. The van der Waals surface area contributed by atoms with E-state index in [2.05, 4.69) is 18.8 Å². The first kappa shape index (κ1) is 11.6. The van der Waals surface area contributed by atoms with Gasteiger partial charge in [0, 0.05) is 12.8 Å². The Labute approximate surface area is 89.5 Å². The molecule has 0 N–H and O–H groups in total. The van der Waals surface area contributed by atoms with Gasteiger partial charge in [-0.25, -0.2) is 0 Å². The van der Waals surface area contributed by atoms with Crippen LogP contribution in [0.5, 0.6) is 0 Å². The lowest BCUT2D eigenvalue weighted by atomic mass is 9.86. The predicted molar refractivity (Wildman–Crippen MR) is 63.1 cm³/mol. The van der Waals surface area contributed by atoms with E-state index in [0.29, 0.717) is 0 Å². The maximum absolute atomic E-state index is 3.32. The van der Waals surface area contributed by atoms with Crippen molar-refractivity contribution in [1.29, 1.82) is 0 Å². The fourth-order valence-electron chi connectivity index (χ4n) is 2.19. The van der Waals surface area contributed by atoms with Gasteiger partial charge in [-0.05, 0) is 18.8 Å². The van der Waals surface area contributed by atoms with Gasteiger partial charge >= 0.3 is 0 Å². The second-order valence-electron chi connectivity index (χ2n) is 4.50. The standard InChI is InChI=1S/C14H24/c1-2-3-4-5-6-8-11-14-12-9-7-10-13-14/h14H,2-4,7-13H2,1H3. The average Bonchev–Trinajstić information content (AvgIpc) is 2.25. The molecule has 1 aliphatic carbocycles. The lowest BCUT2D eigenvalue weighted by molar-refractivity contribution is 0.342. The summed E-state index contributed by atoms with van der Waals surface area (Å²) < 4.78 is 0. The van der Waals surface area contributed by atoms with E-state index in [4.69, 9.17) is 0 Å². The van der Waals surface area contributed by atoms with E-state index in [9.17, 15) is 0 Å². The van der Waals surface area contributed by atoms with Gasteiger partial charge in [0.2, 0.25) is 0 Å². The molecule has 1 rings (SSSR count). The van der Waals surface area contributed by atoms with E-state index in [0.717, 1.165) is 18.8 Å². The van der Waals surface area contributed by atoms with Crippen molar-refractivity contribution >= 4 is 0 Å². The van der Waals surface area contributed by atoms with Gasteiger partial charge in [-0.2, -0.15) is 0 Å². The van der Waals surface area contributed by atoms with Crippen molar-refractivity contribution in [2.24, 2.45) is 5.92 Å². The van der Waals surface area contributed by atoms with Crippen molar-refractivity contribution in [3.63, 3.8) is 0 Å². The summed E-state index contributed by atoms with van der Waals surface area (Å²) in [6.07, 6.45) is 13.5. The average molecular weight is 192 g/mol. The minimum Gasteiger partial charge on any atom is -0.103 e. The van der Waals surface area contributed by atoms with Crippen molar-refractivity contribution in [1.82, 2.24) is 0 Å². The quantitative estimate of drug-likeness (QED) is 0.453. The molecule has 0 saturated heterocycles. The maximum Gasteiger partial charge on any atom is 0.00913 e. The molecule has 0 nitrogen and oxygen atoms in total. The Morgan fingerprint density at radius 1 is 1.00 bits per heavy atom. The molecule has 0 heterocycles. The van der Waals surface area contributed by atoms with Crippen LogP contribution in [-0.4, -0.2) is 0 Å². The summed E-state index contributed by atoms with van der Waals surface area (Å²) in [4.78, 5) is 0. The molecule has 14 heavy (non-hydrogen) atoms. The zero-order chi connectivity index (χ0) is 10.1. The lowest BCUT2D eigenvalue weighted by Gasteiger charge is -2.20. The van der Waals surface area contributed by atoms with Crippen LogP contribution in [-0.2, 0) is 0 Å². The number of hydrogen-bond donors (Lipinski definition) is 0. The Morgan fingerprint density at radius 2 is 1.71 bits per heavy atom. The van der Waals surface area contributed by atoms with Crippen LogP contribution in [0.1, 0.15) is 71.1 Å². The highest BCUT2D eigenvalue weighted by atomic mass is 14.2. The zero-order valence-electron chi connectivity index (χ0n) is 9.65. The van der Waals surface area contributed by atoms with Gasteiger partial charge in [-0.15, -0.1) is 11.8 Å². The Balaban J connectivity index is 1.98. The Hall–Kier alpha value is -0.440. The van der Waals surface area contributed by atoms with Gasteiger partial charge in [-0.3, -0.25) is 0 Å². The maximum atomic E-state index is 3.32. The van der Waals surface area contributed by atoms with Gasteiger partial charge in [0.15, 0.2) is 0 Å². The molecule has 1 fully saturated rings. The van der Waals surface area contributed by atoms with Crippen LogP contribution >= 0.6 is 0 Å². The van der Waals surface area contributed by atoms with Gasteiger partial charge in [0.25, 0.3) is 0 Å². The minimum atomic E-state index is 1.00. The normalized spacial score (nSPS) is 17.5. The summed E-state index contributed by atoms with van der Waals surface area (Å²) in [5, 5.41) is 0. The third-order valence-electron chi connectivity index (χ3n) is 3.18. The molecule has 0 aromatic carbocycles. The lowest BCUT2D eigenvalue weighted by Crippen LogP contribution is -2.05. The summed E-state index contributed by atoms with van der Waals surface area (Å²) in [6.45, 7) is 2.23. The van der Waals surface area contributed by atoms with Crippen molar-refractivity contribution in [2.75, 3.05) is 0 Å².